The Morgan fingerprint density at radius 2 is 1.76 bits per heavy atom. The van der Waals surface area contributed by atoms with E-state index in [0.717, 1.165) is 0 Å². The first-order valence-corrected chi connectivity index (χ1v) is 7.55. The number of fused-ring (bicyclic) bond motifs is 1. The van der Waals surface area contributed by atoms with Crippen molar-refractivity contribution in [2.75, 3.05) is 0 Å². The highest BCUT2D eigenvalue weighted by Gasteiger charge is 2.21. The lowest BCUT2D eigenvalue weighted by Crippen LogP contribution is -2.06. The topological polar surface area (TPSA) is 85.3 Å². The number of carboxylic acid groups (broad SMARTS) is 1. The van der Waals surface area contributed by atoms with Crippen LogP contribution < -0.4 is 5.63 Å². The maximum Gasteiger partial charge on any atom is 0.345 e. The number of rotatable bonds is 3. The van der Waals surface area contributed by atoms with E-state index in [1.165, 1.54) is 10.9 Å². The number of aromatic nitrogens is 2. The van der Waals surface area contributed by atoms with Crippen molar-refractivity contribution in [3.8, 4) is 16.9 Å². The minimum Gasteiger partial charge on any atom is -0.478 e. The molecule has 0 atom stereocenters. The Labute approximate surface area is 141 Å². The van der Waals surface area contributed by atoms with Crippen LogP contribution in [0.3, 0.4) is 0 Å². The first kappa shape index (κ1) is 14.9. The fraction of sp³-hybridized carbons (Fsp3) is 0. The molecule has 122 valence electrons. The Morgan fingerprint density at radius 3 is 2.52 bits per heavy atom. The Bertz CT molecular complexity index is 1140. The molecule has 0 saturated carbocycles. The summed E-state index contributed by atoms with van der Waals surface area (Å²) >= 11 is 0. The van der Waals surface area contributed by atoms with Gasteiger partial charge in [0.05, 0.1) is 11.3 Å². The summed E-state index contributed by atoms with van der Waals surface area (Å²) in [6.07, 6.45) is 1.39. The molecule has 2 aromatic carbocycles. The zero-order chi connectivity index (χ0) is 17.4. The molecule has 6 nitrogen and oxygen atoms in total. The smallest absolute Gasteiger partial charge is 0.345 e. The predicted octanol–water partition coefficient (Wildman–Crippen LogP) is 3.34. The van der Waals surface area contributed by atoms with Crippen LogP contribution in [0, 0.1) is 0 Å². The average molecular weight is 332 g/mol. The summed E-state index contributed by atoms with van der Waals surface area (Å²) in [6.45, 7) is 0. The molecular formula is C19H12N2O4. The van der Waals surface area contributed by atoms with Gasteiger partial charge in [-0.15, -0.1) is 0 Å². The first-order chi connectivity index (χ1) is 12.1. The Balaban J connectivity index is 1.96. The summed E-state index contributed by atoms with van der Waals surface area (Å²) in [5, 5.41) is 14.5. The highest BCUT2D eigenvalue weighted by molar-refractivity contribution is 5.95. The summed E-state index contributed by atoms with van der Waals surface area (Å²) < 4.78 is 6.74. The molecule has 4 rings (SSSR count). The Kier molecular flexibility index (Phi) is 3.43. The van der Waals surface area contributed by atoms with Crippen molar-refractivity contribution >= 4 is 16.9 Å². The van der Waals surface area contributed by atoms with Crippen molar-refractivity contribution < 1.29 is 14.3 Å². The molecular weight excluding hydrogens is 320 g/mol. The van der Waals surface area contributed by atoms with Crippen LogP contribution in [0.2, 0.25) is 0 Å². The van der Waals surface area contributed by atoms with Crippen LogP contribution in [0.15, 0.2) is 76.1 Å². The van der Waals surface area contributed by atoms with Crippen LogP contribution in [0.4, 0.5) is 0 Å². The first-order valence-electron chi connectivity index (χ1n) is 7.55. The number of carbonyl (C=O) groups is 1. The van der Waals surface area contributed by atoms with Gasteiger partial charge >= 0.3 is 11.6 Å². The Morgan fingerprint density at radius 1 is 1.04 bits per heavy atom. The second-order valence-corrected chi connectivity index (χ2v) is 5.46. The van der Waals surface area contributed by atoms with Crippen molar-refractivity contribution in [3.63, 3.8) is 0 Å². The molecule has 0 fully saturated rings. The summed E-state index contributed by atoms with van der Waals surface area (Å²) in [6, 6.07) is 17.7. The van der Waals surface area contributed by atoms with E-state index in [1.54, 1.807) is 36.4 Å². The number of hydrogen-bond donors (Lipinski definition) is 1. The number of benzene rings is 2. The van der Waals surface area contributed by atoms with Gasteiger partial charge in [0, 0.05) is 11.6 Å². The molecule has 1 N–H and O–H groups in total. The number of aromatic carboxylic acids is 1. The second-order valence-electron chi connectivity index (χ2n) is 5.46. The lowest BCUT2D eigenvalue weighted by Gasteiger charge is -2.01. The lowest BCUT2D eigenvalue weighted by atomic mass is 10.1. The second kappa shape index (κ2) is 5.76. The third kappa shape index (κ3) is 2.59. The summed E-state index contributed by atoms with van der Waals surface area (Å²) in [5.74, 6) is -1.16. The molecule has 0 aliphatic carbocycles. The number of carboxylic acids is 1. The molecule has 0 radical (unpaired) electrons. The lowest BCUT2D eigenvalue weighted by molar-refractivity contribution is 0.0697. The van der Waals surface area contributed by atoms with Crippen LogP contribution >= 0.6 is 0 Å². The summed E-state index contributed by atoms with van der Waals surface area (Å²) in [4.78, 5) is 24.0. The average Bonchev–Trinajstić information content (AvgIpc) is 3.07. The molecule has 0 aliphatic heterocycles. The molecule has 0 bridgehead atoms. The largest absolute Gasteiger partial charge is 0.478 e. The monoisotopic (exact) mass is 332 g/mol. The molecule has 0 unspecified atom stereocenters. The predicted molar refractivity (Wildman–Crippen MR) is 92.0 cm³/mol. The van der Waals surface area contributed by atoms with Gasteiger partial charge in [-0.2, -0.15) is 5.10 Å². The van der Waals surface area contributed by atoms with Gasteiger partial charge in [0.25, 0.3) is 0 Å². The minimum atomic E-state index is -1.16. The molecule has 25 heavy (non-hydrogen) atoms. The van der Waals surface area contributed by atoms with E-state index in [9.17, 15) is 14.7 Å². The molecule has 2 aromatic heterocycles. The zero-order valence-corrected chi connectivity index (χ0v) is 12.9. The molecule has 0 saturated heterocycles. The molecule has 0 amide bonds. The van der Waals surface area contributed by atoms with Crippen molar-refractivity contribution in [2.45, 2.75) is 0 Å². The van der Waals surface area contributed by atoms with E-state index in [0.29, 0.717) is 16.7 Å². The van der Waals surface area contributed by atoms with Crippen LogP contribution in [0.1, 0.15) is 10.4 Å². The zero-order valence-electron chi connectivity index (χ0n) is 12.9. The molecule has 0 aliphatic rings. The fourth-order valence-electron chi connectivity index (χ4n) is 2.67. The van der Waals surface area contributed by atoms with Crippen LogP contribution in [0.25, 0.3) is 27.9 Å². The van der Waals surface area contributed by atoms with Gasteiger partial charge in [0.1, 0.15) is 16.8 Å². The van der Waals surface area contributed by atoms with E-state index in [1.807, 2.05) is 24.3 Å². The summed E-state index contributed by atoms with van der Waals surface area (Å²) in [5.41, 5.74) is 0.643. The van der Waals surface area contributed by atoms with Gasteiger partial charge in [-0.05, 0) is 24.3 Å². The van der Waals surface area contributed by atoms with Crippen LogP contribution in [-0.4, -0.2) is 20.9 Å². The third-order valence-corrected chi connectivity index (χ3v) is 3.86. The number of nitrogens with zero attached hydrogens (tertiary/aromatic N) is 2. The van der Waals surface area contributed by atoms with Gasteiger partial charge in [-0.25, -0.2) is 14.3 Å². The molecule has 4 aromatic rings. The van der Waals surface area contributed by atoms with Crippen LogP contribution in [0.5, 0.6) is 0 Å². The van der Waals surface area contributed by atoms with E-state index in [-0.39, 0.29) is 16.8 Å². The maximum absolute atomic E-state index is 12.3. The van der Waals surface area contributed by atoms with Crippen LogP contribution in [-0.2, 0) is 0 Å². The highest BCUT2D eigenvalue weighted by Crippen LogP contribution is 2.24. The third-order valence-electron chi connectivity index (χ3n) is 3.86. The molecule has 2 heterocycles. The summed E-state index contributed by atoms with van der Waals surface area (Å²) in [7, 11) is 0. The maximum atomic E-state index is 12.3. The number of para-hydroxylation sites is 2. The fourth-order valence-corrected chi connectivity index (χ4v) is 2.67. The van der Waals surface area contributed by atoms with Crippen molar-refractivity contribution in [1.82, 2.24) is 9.78 Å². The SMILES string of the molecule is O=C(O)c1cn(-c2ccccc2)nc1-c1cc2ccccc2oc1=O. The normalized spacial score (nSPS) is 10.9. The standard InChI is InChI=1S/C19H12N2O4/c22-18(23)15-11-21(13-7-2-1-3-8-13)20-17(15)14-10-12-6-4-5-9-16(12)25-19(14)24/h1-11H,(H,22,23). The van der Waals surface area contributed by atoms with Crippen molar-refractivity contribution in [1.29, 1.82) is 0 Å². The van der Waals surface area contributed by atoms with E-state index in [4.69, 9.17) is 4.42 Å². The molecule has 0 spiro atoms. The van der Waals surface area contributed by atoms with Gasteiger partial charge in [-0.1, -0.05) is 36.4 Å². The quantitative estimate of drug-likeness (QED) is 0.582. The highest BCUT2D eigenvalue weighted by atomic mass is 16.4. The van der Waals surface area contributed by atoms with Crippen molar-refractivity contribution in [3.05, 3.63) is 82.8 Å². The molecule has 6 heteroatoms. The van der Waals surface area contributed by atoms with Gasteiger partial charge in [-0.3, -0.25) is 0 Å². The van der Waals surface area contributed by atoms with Gasteiger partial charge < -0.3 is 9.52 Å². The number of hydrogen-bond acceptors (Lipinski definition) is 4. The Hall–Kier alpha value is -3.67. The minimum absolute atomic E-state index is 0.0635. The van der Waals surface area contributed by atoms with E-state index >= 15 is 0 Å². The van der Waals surface area contributed by atoms with Gasteiger partial charge in [0.2, 0.25) is 0 Å². The van der Waals surface area contributed by atoms with Gasteiger partial charge in [0.15, 0.2) is 0 Å². The van der Waals surface area contributed by atoms with Crippen molar-refractivity contribution in [2.24, 2.45) is 0 Å². The van der Waals surface area contributed by atoms with E-state index < -0.39 is 11.6 Å². The van der Waals surface area contributed by atoms with E-state index in [2.05, 4.69) is 5.10 Å².